The van der Waals surface area contributed by atoms with Crippen molar-refractivity contribution in [2.24, 2.45) is 11.8 Å². The molecule has 1 spiro atoms. The summed E-state index contributed by atoms with van der Waals surface area (Å²) in [6.45, 7) is 0. The van der Waals surface area contributed by atoms with Gasteiger partial charge in [0, 0.05) is 23.4 Å². The number of nitrogens with zero attached hydrogens (tertiary/aromatic N) is 4. The van der Waals surface area contributed by atoms with Crippen LogP contribution in [0.5, 0.6) is 0 Å². The molecule has 3 fully saturated rings. The van der Waals surface area contributed by atoms with Gasteiger partial charge >= 0.3 is 0 Å². The van der Waals surface area contributed by atoms with E-state index in [0.717, 1.165) is 36.6 Å². The molecule has 0 N–H and O–H groups in total. The van der Waals surface area contributed by atoms with E-state index in [1.54, 1.807) is 0 Å². The largest absolute Gasteiger partial charge is 0.277 e. The van der Waals surface area contributed by atoms with Crippen molar-refractivity contribution in [3.63, 3.8) is 0 Å². The van der Waals surface area contributed by atoms with Crippen molar-refractivity contribution < 1.29 is 4.79 Å². The summed E-state index contributed by atoms with van der Waals surface area (Å²) in [5.74, 6) is 2.65. The second-order valence-corrected chi connectivity index (χ2v) is 10.7. The highest BCUT2D eigenvalue weighted by atomic mass is 16.2. The van der Waals surface area contributed by atoms with E-state index < -0.39 is 0 Å². The minimum atomic E-state index is 0.0437. The van der Waals surface area contributed by atoms with Gasteiger partial charge in [0.15, 0.2) is 5.82 Å². The Hall–Kier alpha value is -2.17. The molecule has 6 rings (SSSR count). The van der Waals surface area contributed by atoms with Gasteiger partial charge in [-0.3, -0.25) is 9.69 Å². The maximum atomic E-state index is 14.0. The normalized spacial score (nSPS) is 27.7. The molecule has 0 bridgehead atoms. The zero-order chi connectivity index (χ0) is 21.5. The molecule has 170 valence electrons. The predicted octanol–water partition coefficient (Wildman–Crippen LogP) is 6.09. The summed E-state index contributed by atoms with van der Waals surface area (Å²) in [4.78, 5) is 21.3. The third kappa shape index (κ3) is 3.22. The Morgan fingerprint density at radius 3 is 2.31 bits per heavy atom. The summed E-state index contributed by atoms with van der Waals surface area (Å²) < 4.78 is 2.27. The molecule has 1 amide bonds. The Morgan fingerprint density at radius 2 is 1.53 bits per heavy atom. The minimum Gasteiger partial charge on any atom is -0.277 e. The molecule has 3 aliphatic carbocycles. The number of hydrogen-bond donors (Lipinski definition) is 0. The predicted molar refractivity (Wildman–Crippen MR) is 126 cm³/mol. The van der Waals surface area contributed by atoms with Crippen LogP contribution in [0.25, 0.3) is 11.4 Å². The fraction of sp³-hybridized carbons (Fsp3) is 0.667. The van der Waals surface area contributed by atoms with Crippen LogP contribution in [0.4, 0.5) is 5.95 Å². The lowest BCUT2D eigenvalue weighted by atomic mass is 9.64. The average Bonchev–Trinajstić information content (AvgIpc) is 3.32. The molecule has 0 saturated heterocycles. The zero-order valence-corrected chi connectivity index (χ0v) is 19.2. The fourth-order valence-corrected chi connectivity index (χ4v) is 7.38. The first-order valence-corrected chi connectivity index (χ1v) is 13.1. The van der Waals surface area contributed by atoms with E-state index in [1.165, 1.54) is 70.6 Å². The number of carbonyl (C=O) groups is 1. The lowest BCUT2D eigenvalue weighted by molar-refractivity contribution is -0.125. The third-order valence-electron chi connectivity index (χ3n) is 8.92. The zero-order valence-electron chi connectivity index (χ0n) is 19.2. The van der Waals surface area contributed by atoms with E-state index in [0.29, 0.717) is 17.9 Å². The number of hydrogen-bond acceptors (Lipinski definition) is 3. The van der Waals surface area contributed by atoms with E-state index in [1.807, 2.05) is 6.07 Å². The molecule has 0 unspecified atom stereocenters. The van der Waals surface area contributed by atoms with Gasteiger partial charge in [-0.05, 0) is 38.5 Å². The van der Waals surface area contributed by atoms with Gasteiger partial charge in [-0.15, -0.1) is 5.10 Å². The Kier molecular flexibility index (Phi) is 5.31. The van der Waals surface area contributed by atoms with E-state index >= 15 is 0 Å². The summed E-state index contributed by atoms with van der Waals surface area (Å²) in [6, 6.07) is 10.6. The van der Waals surface area contributed by atoms with Gasteiger partial charge in [0.2, 0.25) is 11.9 Å². The van der Waals surface area contributed by atoms with E-state index in [9.17, 15) is 4.79 Å². The first-order valence-electron chi connectivity index (χ1n) is 13.1. The molecular weight excluding hydrogens is 396 g/mol. The molecule has 1 aromatic heterocycles. The molecule has 2 heterocycles. The lowest BCUT2D eigenvalue weighted by Gasteiger charge is -2.55. The van der Waals surface area contributed by atoms with Crippen LogP contribution >= 0.6 is 0 Å². The van der Waals surface area contributed by atoms with Crippen LogP contribution < -0.4 is 4.90 Å². The van der Waals surface area contributed by atoms with Gasteiger partial charge in [0.1, 0.15) is 0 Å². The van der Waals surface area contributed by atoms with Crippen molar-refractivity contribution in [1.82, 2.24) is 14.8 Å². The van der Waals surface area contributed by atoms with Crippen LogP contribution in [-0.2, 0) is 10.3 Å². The van der Waals surface area contributed by atoms with Gasteiger partial charge in [0.25, 0.3) is 0 Å². The van der Waals surface area contributed by atoms with Gasteiger partial charge in [-0.1, -0.05) is 81.7 Å². The number of aromatic nitrogens is 3. The van der Waals surface area contributed by atoms with Crippen LogP contribution in [0.3, 0.4) is 0 Å². The molecular formula is C27H36N4O. The van der Waals surface area contributed by atoms with Crippen LogP contribution in [0.1, 0.15) is 89.9 Å². The molecule has 32 heavy (non-hydrogen) atoms. The Morgan fingerprint density at radius 1 is 0.844 bits per heavy atom. The number of benzene rings is 1. The van der Waals surface area contributed by atoms with Crippen molar-refractivity contribution in [2.45, 2.75) is 101 Å². The van der Waals surface area contributed by atoms with Crippen LogP contribution in [0, 0.1) is 11.8 Å². The van der Waals surface area contributed by atoms with Crippen molar-refractivity contribution in [2.75, 3.05) is 4.90 Å². The monoisotopic (exact) mass is 432 g/mol. The second kappa shape index (κ2) is 8.31. The number of fused-ring (bicyclic) bond motifs is 4. The van der Waals surface area contributed by atoms with Crippen molar-refractivity contribution >= 4 is 11.9 Å². The summed E-state index contributed by atoms with van der Waals surface area (Å²) in [7, 11) is 0. The standard InChI is InChI=1S/C27H36N4O/c32-25(21-14-6-2-7-15-21)30-23-17-9-8-16-22(23)27(18-10-3-11-19-27)31-26(30)28-24(29-31)20-12-4-1-5-13-20/h1,4-5,12-13,21-23H,2-3,6-11,14-19H2/t22-,23+/m1/s1. The van der Waals surface area contributed by atoms with E-state index in [2.05, 4.69) is 33.8 Å². The molecule has 2 aromatic rings. The minimum absolute atomic E-state index is 0.0437. The molecule has 1 aromatic carbocycles. The number of amides is 1. The summed E-state index contributed by atoms with van der Waals surface area (Å²) in [6.07, 6.45) is 16.8. The Labute approximate surface area is 191 Å². The fourth-order valence-electron chi connectivity index (χ4n) is 7.38. The van der Waals surface area contributed by atoms with Crippen molar-refractivity contribution in [1.29, 1.82) is 0 Å². The van der Waals surface area contributed by atoms with E-state index in [4.69, 9.17) is 10.1 Å². The topological polar surface area (TPSA) is 51.0 Å². The van der Waals surface area contributed by atoms with Gasteiger partial charge in [0.05, 0.1) is 5.54 Å². The Bertz CT molecular complexity index is 955. The number of anilines is 1. The molecule has 5 nitrogen and oxygen atoms in total. The molecule has 5 heteroatoms. The first-order chi connectivity index (χ1) is 15.8. The maximum absolute atomic E-state index is 14.0. The van der Waals surface area contributed by atoms with Gasteiger partial charge in [-0.2, -0.15) is 4.98 Å². The van der Waals surface area contributed by atoms with Crippen LogP contribution in [0.2, 0.25) is 0 Å². The van der Waals surface area contributed by atoms with Crippen LogP contribution in [0.15, 0.2) is 30.3 Å². The number of rotatable bonds is 2. The summed E-state index contributed by atoms with van der Waals surface area (Å²) in [5, 5.41) is 5.18. The van der Waals surface area contributed by atoms with Crippen molar-refractivity contribution in [3.8, 4) is 11.4 Å². The number of carbonyl (C=O) groups excluding carboxylic acids is 1. The highest BCUT2D eigenvalue weighted by Gasteiger charge is 2.55. The van der Waals surface area contributed by atoms with Gasteiger partial charge in [-0.25, -0.2) is 4.68 Å². The SMILES string of the molecule is O=C(C1CCCCC1)N1c2nc(-c3ccccc3)nn2C2(CCCCC2)[C@@H]2CCCC[C@@H]21. The quantitative estimate of drug-likeness (QED) is 0.577. The molecule has 2 atom stereocenters. The Balaban J connectivity index is 1.50. The first kappa shape index (κ1) is 20.4. The van der Waals surface area contributed by atoms with Crippen molar-refractivity contribution in [3.05, 3.63) is 30.3 Å². The molecule has 1 aliphatic heterocycles. The van der Waals surface area contributed by atoms with Gasteiger partial charge < -0.3 is 0 Å². The third-order valence-corrected chi connectivity index (χ3v) is 8.92. The average molecular weight is 433 g/mol. The molecule has 3 saturated carbocycles. The second-order valence-electron chi connectivity index (χ2n) is 10.7. The van der Waals surface area contributed by atoms with Crippen LogP contribution in [-0.4, -0.2) is 26.7 Å². The summed E-state index contributed by atoms with van der Waals surface area (Å²) in [5.41, 5.74) is 1.09. The molecule has 0 radical (unpaired) electrons. The highest BCUT2D eigenvalue weighted by Crippen LogP contribution is 2.53. The summed E-state index contributed by atoms with van der Waals surface area (Å²) >= 11 is 0. The maximum Gasteiger partial charge on any atom is 0.232 e. The lowest BCUT2D eigenvalue weighted by Crippen LogP contribution is -2.62. The van der Waals surface area contributed by atoms with E-state index in [-0.39, 0.29) is 11.5 Å². The highest BCUT2D eigenvalue weighted by molar-refractivity contribution is 5.95. The molecule has 4 aliphatic rings. The smallest absolute Gasteiger partial charge is 0.232 e.